The van der Waals surface area contributed by atoms with Gasteiger partial charge in [-0.25, -0.2) is 0 Å². The van der Waals surface area contributed by atoms with Gasteiger partial charge in [0.25, 0.3) is 11.8 Å². The Hall–Kier alpha value is -4.77. The number of benzene rings is 4. The van der Waals surface area contributed by atoms with E-state index in [-0.39, 0.29) is 34.0 Å². The molecule has 0 saturated carbocycles. The van der Waals surface area contributed by atoms with E-state index in [4.69, 9.17) is 23.2 Å². The second-order valence-electron chi connectivity index (χ2n) is 9.96. The van der Waals surface area contributed by atoms with E-state index in [1.165, 1.54) is 11.8 Å². The molecule has 1 aliphatic heterocycles. The number of nitrogens with zero attached hydrogens (tertiary/aromatic N) is 4. The molecule has 0 aliphatic carbocycles. The highest BCUT2D eigenvalue weighted by Gasteiger charge is 2.36. The van der Waals surface area contributed by atoms with Crippen molar-refractivity contribution in [2.24, 2.45) is 0 Å². The summed E-state index contributed by atoms with van der Waals surface area (Å²) in [7, 11) is 0. The van der Waals surface area contributed by atoms with E-state index in [1.807, 2.05) is 30.3 Å². The largest absolute Gasteiger partial charge is 0.347 e. The molecule has 3 amide bonds. The zero-order valence-corrected chi connectivity index (χ0v) is 25.8. The van der Waals surface area contributed by atoms with Crippen LogP contribution in [0.2, 0.25) is 10.0 Å². The molecule has 0 atom stereocenters. The van der Waals surface area contributed by atoms with E-state index >= 15 is 0 Å². The summed E-state index contributed by atoms with van der Waals surface area (Å²) >= 11 is 14.3. The fourth-order valence-electron chi connectivity index (χ4n) is 4.94. The van der Waals surface area contributed by atoms with E-state index in [9.17, 15) is 19.2 Å². The fourth-order valence-corrected chi connectivity index (χ4v) is 6.17. The number of ketones is 1. The SMILES string of the molecule is O=C(CN1C(=O)c2ccccc2C1=O)NCc1nnc(CSc2ccccc2)n1-c1ccc(Cl)cc1C(=O)c1ccccc1Cl. The summed E-state index contributed by atoms with van der Waals surface area (Å²) in [5, 5.41) is 12.1. The molecular formula is C33H23Cl2N5O4S. The minimum absolute atomic E-state index is 0.104. The number of halogens is 2. The van der Waals surface area contributed by atoms with E-state index in [2.05, 4.69) is 15.5 Å². The van der Waals surface area contributed by atoms with Gasteiger partial charge in [0.05, 0.1) is 34.1 Å². The number of hydrogen-bond acceptors (Lipinski definition) is 7. The maximum atomic E-state index is 13.8. The maximum absolute atomic E-state index is 13.8. The van der Waals surface area contributed by atoms with Crippen LogP contribution in [-0.2, 0) is 17.1 Å². The van der Waals surface area contributed by atoms with Crippen LogP contribution in [0.3, 0.4) is 0 Å². The van der Waals surface area contributed by atoms with E-state index in [0.29, 0.717) is 33.7 Å². The van der Waals surface area contributed by atoms with Crippen LogP contribution >= 0.6 is 35.0 Å². The van der Waals surface area contributed by atoms with Crippen LogP contribution in [-0.4, -0.2) is 49.7 Å². The third kappa shape index (κ3) is 6.26. The van der Waals surface area contributed by atoms with Crippen LogP contribution in [0.4, 0.5) is 0 Å². The van der Waals surface area contributed by atoms with Gasteiger partial charge in [0.1, 0.15) is 12.4 Å². The predicted octanol–water partition coefficient (Wildman–Crippen LogP) is 6.01. The Kier molecular flexibility index (Phi) is 8.79. The first-order valence-corrected chi connectivity index (χ1v) is 15.5. The number of rotatable bonds is 10. The van der Waals surface area contributed by atoms with Crippen molar-refractivity contribution in [3.63, 3.8) is 0 Å². The third-order valence-electron chi connectivity index (χ3n) is 7.09. The molecule has 45 heavy (non-hydrogen) atoms. The Balaban J connectivity index is 1.31. The highest BCUT2D eigenvalue weighted by Crippen LogP contribution is 2.30. The molecule has 0 saturated heterocycles. The van der Waals surface area contributed by atoms with Crippen molar-refractivity contribution < 1.29 is 19.2 Å². The van der Waals surface area contributed by atoms with Gasteiger partial charge in [-0.1, -0.05) is 65.7 Å². The molecule has 9 nitrogen and oxygen atoms in total. The molecule has 0 unspecified atom stereocenters. The molecule has 4 aromatic carbocycles. The van der Waals surface area contributed by atoms with E-state index in [0.717, 1.165) is 9.80 Å². The van der Waals surface area contributed by atoms with Crippen LogP contribution < -0.4 is 5.32 Å². The summed E-state index contributed by atoms with van der Waals surface area (Å²) < 4.78 is 1.71. The van der Waals surface area contributed by atoms with E-state index < -0.39 is 24.3 Å². The van der Waals surface area contributed by atoms with E-state index in [1.54, 1.807) is 71.3 Å². The molecule has 1 aliphatic rings. The average molecular weight is 657 g/mol. The normalized spacial score (nSPS) is 12.4. The topological polar surface area (TPSA) is 114 Å². The van der Waals surface area contributed by atoms with Gasteiger partial charge >= 0.3 is 0 Å². The Morgan fingerprint density at radius 3 is 2.11 bits per heavy atom. The quantitative estimate of drug-likeness (QED) is 0.111. The number of hydrogen-bond donors (Lipinski definition) is 1. The van der Waals surface area contributed by atoms with Crippen molar-refractivity contribution in [2.45, 2.75) is 17.2 Å². The molecule has 1 aromatic heterocycles. The lowest BCUT2D eigenvalue weighted by molar-refractivity contribution is -0.121. The van der Waals surface area contributed by atoms with Gasteiger partial charge in [-0.3, -0.25) is 28.6 Å². The predicted molar refractivity (Wildman–Crippen MR) is 171 cm³/mol. The molecule has 0 fully saturated rings. The Labute approximate surface area is 272 Å². The van der Waals surface area contributed by atoms with Gasteiger partial charge in [-0.2, -0.15) is 0 Å². The van der Waals surface area contributed by atoms with Crippen LogP contribution in [0.1, 0.15) is 48.3 Å². The number of amides is 3. The molecule has 0 spiro atoms. The highest BCUT2D eigenvalue weighted by atomic mass is 35.5. The summed E-state index contributed by atoms with van der Waals surface area (Å²) in [4.78, 5) is 54.3. The molecule has 6 rings (SSSR count). The molecule has 224 valence electrons. The van der Waals surface area contributed by atoms with Crippen LogP contribution in [0.5, 0.6) is 0 Å². The van der Waals surface area contributed by atoms with Crippen molar-refractivity contribution >= 4 is 58.5 Å². The summed E-state index contributed by atoms with van der Waals surface area (Å²) in [5.74, 6) is -0.746. The maximum Gasteiger partial charge on any atom is 0.262 e. The lowest BCUT2D eigenvalue weighted by atomic mass is 10.0. The molecule has 0 bridgehead atoms. The standard InChI is InChI=1S/C33H23Cl2N5O4S/c34-20-14-15-27(25(16-20)31(42)24-12-6-7-13-26(24)35)40-28(37-38-29(40)19-45-21-8-2-1-3-9-21)17-36-30(41)18-39-32(43)22-10-4-5-11-23(22)33(39)44/h1-16H,17-19H2,(H,36,41). The third-order valence-corrected chi connectivity index (χ3v) is 8.67. The van der Waals surface area contributed by atoms with Crippen LogP contribution in [0.15, 0.2) is 102 Å². The second-order valence-corrected chi connectivity index (χ2v) is 11.9. The number of thioether (sulfide) groups is 1. The van der Waals surface area contributed by atoms with Crippen LogP contribution in [0.25, 0.3) is 5.69 Å². The van der Waals surface area contributed by atoms with Crippen molar-refractivity contribution in [3.05, 3.63) is 141 Å². The van der Waals surface area contributed by atoms with Crippen molar-refractivity contribution in [2.75, 3.05) is 6.54 Å². The minimum atomic E-state index is -0.567. The summed E-state index contributed by atoms with van der Waals surface area (Å²) in [6.07, 6.45) is 0. The molecule has 0 radical (unpaired) electrons. The Morgan fingerprint density at radius 1 is 0.756 bits per heavy atom. The zero-order chi connectivity index (χ0) is 31.5. The Morgan fingerprint density at radius 2 is 1.40 bits per heavy atom. The number of aromatic nitrogens is 3. The number of carbonyl (C=O) groups is 4. The van der Waals surface area contributed by atoms with Gasteiger partial charge in [0.15, 0.2) is 11.6 Å². The van der Waals surface area contributed by atoms with Crippen LogP contribution in [0, 0.1) is 0 Å². The molecular weight excluding hydrogens is 633 g/mol. The molecule has 5 aromatic rings. The highest BCUT2D eigenvalue weighted by molar-refractivity contribution is 7.98. The minimum Gasteiger partial charge on any atom is -0.347 e. The van der Waals surface area contributed by atoms with Gasteiger partial charge in [-0.15, -0.1) is 22.0 Å². The van der Waals surface area contributed by atoms with Crippen molar-refractivity contribution in [3.8, 4) is 5.69 Å². The average Bonchev–Trinajstić information content (AvgIpc) is 3.57. The number of carbonyl (C=O) groups excluding carboxylic acids is 4. The molecule has 12 heteroatoms. The monoisotopic (exact) mass is 655 g/mol. The van der Waals surface area contributed by atoms with Gasteiger partial charge < -0.3 is 5.32 Å². The van der Waals surface area contributed by atoms with Gasteiger partial charge in [0, 0.05) is 21.0 Å². The molecule has 2 heterocycles. The Bertz CT molecular complexity index is 1930. The van der Waals surface area contributed by atoms with Gasteiger partial charge in [-0.05, 0) is 54.6 Å². The summed E-state index contributed by atoms with van der Waals surface area (Å²) in [5.41, 5.74) is 1.53. The zero-order valence-electron chi connectivity index (χ0n) is 23.4. The number of fused-ring (bicyclic) bond motifs is 1. The smallest absolute Gasteiger partial charge is 0.262 e. The lowest BCUT2D eigenvalue weighted by Gasteiger charge is -2.17. The van der Waals surface area contributed by atoms with Crippen molar-refractivity contribution in [1.82, 2.24) is 25.0 Å². The summed E-state index contributed by atoms with van der Waals surface area (Å²) in [6.45, 7) is -0.568. The number of imide groups is 1. The first-order valence-electron chi connectivity index (χ1n) is 13.7. The lowest BCUT2D eigenvalue weighted by Crippen LogP contribution is -2.40. The van der Waals surface area contributed by atoms with Crippen molar-refractivity contribution in [1.29, 1.82) is 0 Å². The fraction of sp³-hybridized carbons (Fsp3) is 0.0909. The molecule has 1 N–H and O–H groups in total. The first kappa shape index (κ1) is 30.3. The summed E-state index contributed by atoms with van der Waals surface area (Å²) in [6, 6.07) is 27.8. The second kappa shape index (κ2) is 13.1. The van der Waals surface area contributed by atoms with Gasteiger partial charge in [0.2, 0.25) is 5.91 Å². The first-order chi connectivity index (χ1) is 21.8. The number of nitrogens with one attached hydrogen (secondary N) is 1.